The second kappa shape index (κ2) is 2.72. The maximum Gasteiger partial charge on any atom is 0.0253 e. The van der Waals surface area contributed by atoms with E-state index >= 15 is 0 Å². The molecule has 0 aliphatic carbocycles. The molecule has 2 fully saturated rings. The summed E-state index contributed by atoms with van der Waals surface area (Å²) >= 11 is 4.42. The number of hydrogen-bond acceptors (Lipinski definition) is 3. The van der Waals surface area contributed by atoms with E-state index in [9.17, 15) is 0 Å². The average Bonchev–Trinajstić information content (AvgIpc) is 2.34. The van der Waals surface area contributed by atoms with Crippen LogP contribution in [0.2, 0.25) is 0 Å². The molecule has 0 aromatic carbocycles. The highest BCUT2D eigenvalue weighted by atomic mass is 32.1. The summed E-state index contributed by atoms with van der Waals surface area (Å²) < 4.78 is 2.21. The summed E-state index contributed by atoms with van der Waals surface area (Å²) in [5.74, 6) is 0.881. The van der Waals surface area contributed by atoms with E-state index in [0.29, 0.717) is 0 Å². The number of piperidine rings is 1. The van der Waals surface area contributed by atoms with Gasteiger partial charge in [0.05, 0.1) is 0 Å². The Kier molecular flexibility index (Phi) is 1.89. The molecule has 2 rings (SSSR count). The number of fused-ring (bicyclic) bond motifs is 1. The molecule has 58 valence electrons. The zero-order valence-electron chi connectivity index (χ0n) is 6.08. The van der Waals surface area contributed by atoms with Gasteiger partial charge < -0.3 is 5.32 Å². The fourth-order valence-corrected chi connectivity index (χ4v) is 2.48. The summed E-state index contributed by atoms with van der Waals surface area (Å²) in [4.78, 5) is 0. The van der Waals surface area contributed by atoms with Crippen molar-refractivity contribution in [1.29, 1.82) is 0 Å². The molecule has 2 atom stereocenters. The predicted octanol–water partition coefficient (Wildman–Crippen LogP) is 0.515. The Labute approximate surface area is 67.5 Å². The van der Waals surface area contributed by atoms with E-state index in [1.165, 1.54) is 32.5 Å². The molecule has 0 aromatic heterocycles. The highest BCUT2D eigenvalue weighted by Gasteiger charge is 2.33. The lowest BCUT2D eigenvalue weighted by Crippen LogP contribution is -2.40. The van der Waals surface area contributed by atoms with Crippen LogP contribution in [0.3, 0.4) is 0 Å². The van der Waals surface area contributed by atoms with E-state index < -0.39 is 0 Å². The normalized spacial score (nSPS) is 41.7. The van der Waals surface area contributed by atoms with Crippen LogP contribution in [0.15, 0.2) is 0 Å². The van der Waals surface area contributed by atoms with Crippen LogP contribution in [0.25, 0.3) is 0 Å². The number of hydrogen-bond donors (Lipinski definition) is 2. The smallest absolute Gasteiger partial charge is 0.0253 e. The molecule has 2 aliphatic heterocycles. The van der Waals surface area contributed by atoms with Crippen LogP contribution in [-0.4, -0.2) is 30.0 Å². The van der Waals surface area contributed by atoms with Crippen molar-refractivity contribution < 1.29 is 0 Å². The van der Waals surface area contributed by atoms with Gasteiger partial charge in [-0.05, 0) is 31.8 Å². The molecule has 2 saturated heterocycles. The summed E-state index contributed by atoms with van der Waals surface area (Å²) in [6, 6.07) is 0.768. The van der Waals surface area contributed by atoms with Crippen molar-refractivity contribution in [2.75, 3.05) is 19.6 Å². The number of nitrogens with zero attached hydrogens (tertiary/aromatic N) is 1. The molecule has 0 aromatic rings. The molecule has 1 N–H and O–H groups in total. The van der Waals surface area contributed by atoms with Crippen LogP contribution >= 0.6 is 12.8 Å². The predicted molar refractivity (Wildman–Crippen MR) is 45.1 cm³/mol. The third-order valence-corrected chi connectivity index (χ3v) is 3.18. The quantitative estimate of drug-likeness (QED) is 0.500. The topological polar surface area (TPSA) is 15.3 Å². The van der Waals surface area contributed by atoms with E-state index in [1.807, 2.05) is 0 Å². The third kappa shape index (κ3) is 1.06. The Hall–Kier alpha value is 0.270. The van der Waals surface area contributed by atoms with Gasteiger partial charge in [0.1, 0.15) is 0 Å². The summed E-state index contributed by atoms with van der Waals surface area (Å²) in [6.07, 6.45) is 2.62. The van der Waals surface area contributed by atoms with Crippen molar-refractivity contribution >= 4 is 12.8 Å². The number of rotatable bonds is 0. The lowest BCUT2D eigenvalue weighted by Gasteiger charge is -2.28. The molecule has 0 bridgehead atoms. The molecule has 2 heterocycles. The second-order valence-corrected chi connectivity index (χ2v) is 3.79. The Morgan fingerprint density at radius 1 is 1.40 bits per heavy atom. The summed E-state index contributed by atoms with van der Waals surface area (Å²) in [5.41, 5.74) is 0. The lowest BCUT2D eigenvalue weighted by atomic mass is 9.95. The fraction of sp³-hybridized carbons (Fsp3) is 1.00. The third-order valence-electron chi connectivity index (χ3n) is 2.68. The summed E-state index contributed by atoms with van der Waals surface area (Å²) in [6.45, 7) is 3.57. The maximum atomic E-state index is 4.42. The highest BCUT2D eigenvalue weighted by molar-refractivity contribution is 7.77. The van der Waals surface area contributed by atoms with Gasteiger partial charge in [-0.15, -0.1) is 0 Å². The largest absolute Gasteiger partial charge is 0.316 e. The fourth-order valence-electron chi connectivity index (χ4n) is 2.06. The van der Waals surface area contributed by atoms with Gasteiger partial charge in [-0.25, -0.2) is 4.31 Å². The number of thiol groups is 1. The maximum absolute atomic E-state index is 4.42. The minimum atomic E-state index is 0.768. The Morgan fingerprint density at radius 3 is 3.10 bits per heavy atom. The van der Waals surface area contributed by atoms with Crippen LogP contribution in [0.5, 0.6) is 0 Å². The van der Waals surface area contributed by atoms with Gasteiger partial charge in [0, 0.05) is 12.6 Å². The van der Waals surface area contributed by atoms with Gasteiger partial charge >= 0.3 is 0 Å². The standard InChI is InChI=1S/C7H14N2S/c10-9-4-2-6-5-8-3-1-7(6)9/h6-8,10H,1-5H2. The Morgan fingerprint density at radius 2 is 2.30 bits per heavy atom. The zero-order valence-corrected chi connectivity index (χ0v) is 6.98. The monoisotopic (exact) mass is 158 g/mol. The van der Waals surface area contributed by atoms with Gasteiger partial charge in [0.2, 0.25) is 0 Å². The lowest BCUT2D eigenvalue weighted by molar-refractivity contribution is 0.290. The van der Waals surface area contributed by atoms with E-state index in [4.69, 9.17) is 0 Å². The van der Waals surface area contributed by atoms with Crippen LogP contribution in [0.1, 0.15) is 12.8 Å². The molecule has 0 saturated carbocycles. The van der Waals surface area contributed by atoms with Crippen molar-refractivity contribution in [3.63, 3.8) is 0 Å². The second-order valence-electron chi connectivity index (χ2n) is 3.27. The van der Waals surface area contributed by atoms with Crippen molar-refractivity contribution in [3.05, 3.63) is 0 Å². The van der Waals surface area contributed by atoms with Crippen LogP contribution in [0, 0.1) is 5.92 Å². The first-order valence-corrected chi connectivity index (χ1v) is 4.44. The van der Waals surface area contributed by atoms with Crippen molar-refractivity contribution in [1.82, 2.24) is 9.62 Å². The van der Waals surface area contributed by atoms with Crippen molar-refractivity contribution in [2.24, 2.45) is 5.92 Å². The average molecular weight is 158 g/mol. The van der Waals surface area contributed by atoms with Crippen molar-refractivity contribution in [2.45, 2.75) is 18.9 Å². The van der Waals surface area contributed by atoms with Gasteiger partial charge in [-0.1, -0.05) is 12.8 Å². The minimum absolute atomic E-state index is 0.768. The van der Waals surface area contributed by atoms with Gasteiger partial charge in [0.15, 0.2) is 0 Å². The minimum Gasteiger partial charge on any atom is -0.316 e. The van der Waals surface area contributed by atoms with Gasteiger partial charge in [-0.2, -0.15) is 0 Å². The molecule has 2 unspecified atom stereocenters. The van der Waals surface area contributed by atoms with Crippen molar-refractivity contribution in [3.8, 4) is 0 Å². The molecule has 2 nitrogen and oxygen atoms in total. The van der Waals surface area contributed by atoms with Gasteiger partial charge in [-0.3, -0.25) is 0 Å². The first kappa shape index (κ1) is 6.95. The van der Waals surface area contributed by atoms with Gasteiger partial charge in [0.25, 0.3) is 0 Å². The molecular weight excluding hydrogens is 144 g/mol. The Bertz CT molecular complexity index is 127. The first-order chi connectivity index (χ1) is 4.88. The molecule has 10 heavy (non-hydrogen) atoms. The SMILES string of the molecule is SN1CCC2CNCCC21. The zero-order chi connectivity index (χ0) is 6.97. The van der Waals surface area contributed by atoms with E-state index in [2.05, 4.69) is 22.4 Å². The molecular formula is C7H14N2S. The molecule has 3 heteroatoms. The highest BCUT2D eigenvalue weighted by Crippen LogP contribution is 2.29. The molecule has 0 spiro atoms. The molecule has 0 radical (unpaired) electrons. The number of nitrogens with one attached hydrogen (secondary N) is 1. The van der Waals surface area contributed by atoms with E-state index in [0.717, 1.165) is 12.0 Å². The van der Waals surface area contributed by atoms with Crippen LogP contribution < -0.4 is 5.32 Å². The molecule has 2 aliphatic rings. The van der Waals surface area contributed by atoms with Crippen LogP contribution in [0.4, 0.5) is 0 Å². The van der Waals surface area contributed by atoms with Crippen LogP contribution in [-0.2, 0) is 0 Å². The summed E-state index contributed by atoms with van der Waals surface area (Å²) in [5, 5.41) is 3.42. The molecule has 0 amide bonds. The Balaban J connectivity index is 2.01. The first-order valence-electron chi connectivity index (χ1n) is 4.04. The summed E-state index contributed by atoms with van der Waals surface area (Å²) in [7, 11) is 0. The van der Waals surface area contributed by atoms with E-state index in [-0.39, 0.29) is 0 Å². The van der Waals surface area contributed by atoms with E-state index in [1.54, 1.807) is 0 Å².